The van der Waals surface area contributed by atoms with E-state index in [0.717, 1.165) is 19.6 Å². The lowest BCUT2D eigenvalue weighted by Crippen LogP contribution is -2.50. The van der Waals surface area contributed by atoms with Crippen LogP contribution in [0.2, 0.25) is 0 Å². The Bertz CT molecular complexity index is 380. The lowest BCUT2D eigenvalue weighted by Gasteiger charge is -2.36. The monoisotopic (exact) mass is 331 g/mol. The van der Waals surface area contributed by atoms with Crippen LogP contribution in [0.15, 0.2) is 15.9 Å². The van der Waals surface area contributed by atoms with Gasteiger partial charge in [-0.15, -0.1) is 11.3 Å². The molecule has 18 heavy (non-hydrogen) atoms. The standard InChI is InChI=1S/C13H22BrN3S/c1-16(2)11(12-4-5-13(14)18-12)8-10-9-15-6-7-17(10)3/h4-5,10-11,15H,6-9H2,1-3H3. The summed E-state index contributed by atoms with van der Waals surface area (Å²) in [4.78, 5) is 6.27. The van der Waals surface area contributed by atoms with Gasteiger partial charge in [-0.05, 0) is 55.6 Å². The zero-order chi connectivity index (χ0) is 13.1. The largest absolute Gasteiger partial charge is 0.314 e. The molecule has 0 radical (unpaired) electrons. The molecule has 1 fully saturated rings. The van der Waals surface area contributed by atoms with Crippen molar-refractivity contribution < 1.29 is 0 Å². The summed E-state index contributed by atoms with van der Waals surface area (Å²) in [5.41, 5.74) is 0. The highest BCUT2D eigenvalue weighted by Crippen LogP contribution is 2.33. The first-order valence-electron chi connectivity index (χ1n) is 6.40. The number of thiophene rings is 1. The molecule has 2 unspecified atom stereocenters. The van der Waals surface area contributed by atoms with Crippen LogP contribution in [0.4, 0.5) is 0 Å². The van der Waals surface area contributed by atoms with Crippen molar-refractivity contribution in [1.82, 2.24) is 15.1 Å². The number of halogens is 1. The second kappa shape index (κ2) is 6.48. The maximum atomic E-state index is 3.56. The van der Waals surface area contributed by atoms with E-state index in [2.05, 4.69) is 64.3 Å². The van der Waals surface area contributed by atoms with Crippen molar-refractivity contribution in [2.75, 3.05) is 40.8 Å². The quantitative estimate of drug-likeness (QED) is 0.914. The smallest absolute Gasteiger partial charge is 0.0701 e. The second-order valence-corrected chi connectivity index (χ2v) is 7.69. The van der Waals surface area contributed by atoms with Crippen LogP contribution in [-0.4, -0.2) is 56.6 Å². The minimum absolute atomic E-state index is 0.508. The van der Waals surface area contributed by atoms with Gasteiger partial charge in [0.15, 0.2) is 0 Å². The van der Waals surface area contributed by atoms with E-state index in [-0.39, 0.29) is 0 Å². The minimum Gasteiger partial charge on any atom is -0.314 e. The van der Waals surface area contributed by atoms with Crippen LogP contribution in [0.5, 0.6) is 0 Å². The Kier molecular flexibility index (Phi) is 5.21. The highest BCUT2D eigenvalue weighted by molar-refractivity contribution is 9.11. The molecule has 5 heteroatoms. The average Bonchev–Trinajstić information content (AvgIpc) is 2.74. The van der Waals surface area contributed by atoms with Gasteiger partial charge >= 0.3 is 0 Å². The van der Waals surface area contributed by atoms with Gasteiger partial charge in [-0.1, -0.05) is 0 Å². The average molecular weight is 332 g/mol. The number of likely N-dealkylation sites (N-methyl/N-ethyl adjacent to an activating group) is 1. The molecule has 1 N–H and O–H groups in total. The third kappa shape index (κ3) is 3.54. The Morgan fingerprint density at radius 1 is 1.56 bits per heavy atom. The van der Waals surface area contributed by atoms with E-state index < -0.39 is 0 Å². The maximum absolute atomic E-state index is 3.56. The van der Waals surface area contributed by atoms with Gasteiger partial charge in [0.05, 0.1) is 3.79 Å². The molecular formula is C13H22BrN3S. The number of nitrogens with one attached hydrogen (secondary N) is 1. The van der Waals surface area contributed by atoms with Gasteiger partial charge in [-0.3, -0.25) is 0 Å². The van der Waals surface area contributed by atoms with Crippen LogP contribution < -0.4 is 5.32 Å². The summed E-state index contributed by atoms with van der Waals surface area (Å²) >= 11 is 5.41. The van der Waals surface area contributed by atoms with E-state index in [1.54, 1.807) is 0 Å². The van der Waals surface area contributed by atoms with Gasteiger partial charge < -0.3 is 15.1 Å². The summed E-state index contributed by atoms with van der Waals surface area (Å²) in [6.45, 7) is 3.37. The summed E-state index contributed by atoms with van der Waals surface area (Å²) in [7, 11) is 6.59. The van der Waals surface area contributed by atoms with Crippen LogP contribution in [0, 0.1) is 0 Å². The molecule has 1 aromatic rings. The first kappa shape index (κ1) is 14.5. The van der Waals surface area contributed by atoms with Crippen molar-refractivity contribution in [3.05, 3.63) is 20.8 Å². The molecule has 1 saturated heterocycles. The van der Waals surface area contributed by atoms with Crippen molar-refractivity contribution in [1.29, 1.82) is 0 Å². The van der Waals surface area contributed by atoms with Gasteiger partial charge in [-0.25, -0.2) is 0 Å². The zero-order valence-electron chi connectivity index (χ0n) is 11.3. The molecule has 1 aliphatic rings. The molecule has 1 aromatic heterocycles. The van der Waals surface area contributed by atoms with Gasteiger partial charge in [-0.2, -0.15) is 0 Å². The summed E-state index contributed by atoms with van der Waals surface area (Å²) in [5, 5.41) is 3.50. The van der Waals surface area contributed by atoms with Gasteiger partial charge in [0.1, 0.15) is 0 Å². The number of nitrogens with zero attached hydrogens (tertiary/aromatic N) is 2. The summed E-state index contributed by atoms with van der Waals surface area (Å²) in [5.74, 6) is 0. The molecular weight excluding hydrogens is 310 g/mol. The van der Waals surface area contributed by atoms with Crippen molar-refractivity contribution in [3.8, 4) is 0 Å². The highest BCUT2D eigenvalue weighted by atomic mass is 79.9. The van der Waals surface area contributed by atoms with Crippen molar-refractivity contribution in [2.45, 2.75) is 18.5 Å². The number of piperazine rings is 1. The third-order valence-corrected chi connectivity index (χ3v) is 5.41. The zero-order valence-corrected chi connectivity index (χ0v) is 13.7. The molecule has 0 aliphatic carbocycles. The summed E-state index contributed by atoms with van der Waals surface area (Å²) in [6.07, 6.45) is 1.18. The van der Waals surface area contributed by atoms with Crippen molar-refractivity contribution >= 4 is 27.3 Å². The highest BCUT2D eigenvalue weighted by Gasteiger charge is 2.25. The first-order chi connectivity index (χ1) is 8.58. The molecule has 0 aromatic carbocycles. The van der Waals surface area contributed by atoms with Gasteiger partial charge in [0.2, 0.25) is 0 Å². The van der Waals surface area contributed by atoms with E-state index in [1.807, 2.05) is 11.3 Å². The van der Waals surface area contributed by atoms with Crippen LogP contribution in [0.3, 0.4) is 0 Å². The van der Waals surface area contributed by atoms with E-state index in [9.17, 15) is 0 Å². The van der Waals surface area contributed by atoms with Gasteiger partial charge in [0.25, 0.3) is 0 Å². The van der Waals surface area contributed by atoms with Crippen LogP contribution in [0.25, 0.3) is 0 Å². The molecule has 0 spiro atoms. The lowest BCUT2D eigenvalue weighted by atomic mass is 10.0. The lowest BCUT2D eigenvalue weighted by molar-refractivity contribution is 0.151. The molecule has 0 bridgehead atoms. The molecule has 2 heterocycles. The number of hydrogen-bond acceptors (Lipinski definition) is 4. The van der Waals surface area contributed by atoms with Crippen LogP contribution in [-0.2, 0) is 0 Å². The number of hydrogen-bond donors (Lipinski definition) is 1. The molecule has 2 rings (SSSR count). The van der Waals surface area contributed by atoms with E-state index in [0.29, 0.717) is 12.1 Å². The molecule has 2 atom stereocenters. The Morgan fingerprint density at radius 3 is 2.89 bits per heavy atom. The predicted octanol–water partition coefficient (Wildman–Crippen LogP) is 2.41. The van der Waals surface area contributed by atoms with Crippen LogP contribution in [0.1, 0.15) is 17.3 Å². The minimum atomic E-state index is 0.508. The molecule has 3 nitrogen and oxygen atoms in total. The Balaban J connectivity index is 2.06. The summed E-state index contributed by atoms with van der Waals surface area (Å²) < 4.78 is 1.22. The fraction of sp³-hybridized carbons (Fsp3) is 0.692. The molecule has 102 valence electrons. The maximum Gasteiger partial charge on any atom is 0.0701 e. The Hall–Kier alpha value is 0.0600. The first-order valence-corrected chi connectivity index (χ1v) is 8.01. The Morgan fingerprint density at radius 2 is 2.33 bits per heavy atom. The molecule has 0 amide bonds. The van der Waals surface area contributed by atoms with E-state index in [4.69, 9.17) is 0 Å². The number of rotatable bonds is 4. The SMILES string of the molecule is CN(C)C(CC1CNCCN1C)c1ccc(Br)s1. The summed E-state index contributed by atoms with van der Waals surface area (Å²) in [6, 6.07) is 5.54. The topological polar surface area (TPSA) is 18.5 Å². The predicted molar refractivity (Wildman–Crippen MR) is 82.4 cm³/mol. The van der Waals surface area contributed by atoms with Crippen LogP contribution >= 0.6 is 27.3 Å². The van der Waals surface area contributed by atoms with E-state index in [1.165, 1.54) is 15.1 Å². The van der Waals surface area contributed by atoms with Crippen molar-refractivity contribution in [3.63, 3.8) is 0 Å². The van der Waals surface area contributed by atoms with E-state index >= 15 is 0 Å². The normalized spacial score (nSPS) is 23.5. The Labute approximate surface area is 122 Å². The van der Waals surface area contributed by atoms with Crippen molar-refractivity contribution in [2.24, 2.45) is 0 Å². The fourth-order valence-corrected chi connectivity index (χ4v) is 4.11. The molecule has 1 aliphatic heterocycles. The third-order valence-electron chi connectivity index (χ3n) is 3.69. The fourth-order valence-electron chi connectivity index (χ4n) is 2.47. The molecule has 0 saturated carbocycles. The van der Waals surface area contributed by atoms with Gasteiger partial charge in [0, 0.05) is 36.6 Å². The second-order valence-electron chi connectivity index (χ2n) is 5.20.